The summed E-state index contributed by atoms with van der Waals surface area (Å²) in [7, 11) is 1.64. The van der Waals surface area contributed by atoms with Gasteiger partial charge in [0, 0.05) is 38.6 Å². The standard InChI is InChI=1S/C18H29N3O2.2ClH/c1-13(2)16-11-21(12-17(16)19)9-8-18(22)20-10-14-4-6-15(23-3)7-5-14;;/h4-7,13,16-17H,8-12,19H2,1-3H3,(H,20,22);2*1H/t16-,17+;;/m1../s1. The number of carbonyl (C=O) groups excluding carboxylic acids is 1. The van der Waals surface area contributed by atoms with Gasteiger partial charge in [-0.3, -0.25) is 4.79 Å². The average Bonchev–Trinajstić information content (AvgIpc) is 2.92. The Morgan fingerprint density at radius 3 is 2.44 bits per heavy atom. The zero-order chi connectivity index (χ0) is 16.8. The van der Waals surface area contributed by atoms with Gasteiger partial charge in [0.05, 0.1) is 7.11 Å². The molecule has 1 amide bonds. The second-order valence-corrected chi connectivity index (χ2v) is 6.71. The van der Waals surface area contributed by atoms with Gasteiger partial charge in [0.25, 0.3) is 0 Å². The Kier molecular flexibility index (Phi) is 11.1. The lowest BCUT2D eigenvalue weighted by molar-refractivity contribution is -0.121. The van der Waals surface area contributed by atoms with E-state index < -0.39 is 0 Å². The number of hydrogen-bond donors (Lipinski definition) is 2. The van der Waals surface area contributed by atoms with E-state index in [2.05, 4.69) is 24.1 Å². The second kappa shape index (κ2) is 11.6. The van der Waals surface area contributed by atoms with Crippen LogP contribution in [0.2, 0.25) is 0 Å². The first-order valence-electron chi connectivity index (χ1n) is 8.37. The third-order valence-electron chi connectivity index (χ3n) is 4.65. The Bertz CT molecular complexity index is 512. The van der Waals surface area contributed by atoms with Gasteiger partial charge in [-0.15, -0.1) is 24.8 Å². The first kappa shape index (κ1) is 24.0. The molecule has 0 aliphatic carbocycles. The van der Waals surface area contributed by atoms with E-state index >= 15 is 0 Å². The second-order valence-electron chi connectivity index (χ2n) is 6.71. The van der Waals surface area contributed by atoms with Crippen LogP contribution in [0.1, 0.15) is 25.8 Å². The molecular formula is C18H31Cl2N3O2. The van der Waals surface area contributed by atoms with Crippen LogP contribution in [0, 0.1) is 11.8 Å². The monoisotopic (exact) mass is 391 g/mol. The highest BCUT2D eigenvalue weighted by atomic mass is 35.5. The summed E-state index contributed by atoms with van der Waals surface area (Å²) in [6.45, 7) is 7.67. The molecule has 1 aromatic carbocycles. The van der Waals surface area contributed by atoms with E-state index in [1.807, 2.05) is 24.3 Å². The summed E-state index contributed by atoms with van der Waals surface area (Å²) in [6, 6.07) is 7.97. The Morgan fingerprint density at radius 1 is 1.28 bits per heavy atom. The third kappa shape index (κ3) is 7.40. The molecule has 0 unspecified atom stereocenters. The molecule has 1 fully saturated rings. The molecule has 0 spiro atoms. The number of nitrogens with two attached hydrogens (primary N) is 1. The number of nitrogens with one attached hydrogen (secondary N) is 1. The topological polar surface area (TPSA) is 67.6 Å². The van der Waals surface area contributed by atoms with Crippen molar-refractivity contribution in [1.29, 1.82) is 0 Å². The van der Waals surface area contributed by atoms with Crippen LogP contribution >= 0.6 is 24.8 Å². The predicted octanol–water partition coefficient (Wildman–Crippen LogP) is 2.46. The lowest BCUT2D eigenvalue weighted by Crippen LogP contribution is -2.32. The molecule has 1 aliphatic rings. The Balaban J connectivity index is 0.00000288. The zero-order valence-electron chi connectivity index (χ0n) is 15.2. The van der Waals surface area contributed by atoms with Crippen molar-refractivity contribution in [2.24, 2.45) is 17.6 Å². The van der Waals surface area contributed by atoms with E-state index in [1.165, 1.54) is 0 Å². The smallest absolute Gasteiger partial charge is 0.221 e. The molecule has 0 bridgehead atoms. The average molecular weight is 392 g/mol. The SMILES string of the molecule is COc1ccc(CNC(=O)CCN2C[C@H](C(C)C)[C@@H](N)C2)cc1.Cl.Cl. The molecule has 1 aromatic rings. The Labute approximate surface area is 163 Å². The van der Waals surface area contributed by atoms with Crippen molar-refractivity contribution in [2.45, 2.75) is 32.9 Å². The highest BCUT2D eigenvalue weighted by Gasteiger charge is 2.31. The van der Waals surface area contributed by atoms with Crippen LogP contribution in [0.4, 0.5) is 0 Å². The van der Waals surface area contributed by atoms with Crippen molar-refractivity contribution in [3.8, 4) is 5.75 Å². The number of likely N-dealkylation sites (tertiary alicyclic amines) is 1. The zero-order valence-corrected chi connectivity index (χ0v) is 16.9. The van der Waals surface area contributed by atoms with Crippen LogP contribution in [-0.4, -0.2) is 43.6 Å². The highest BCUT2D eigenvalue weighted by Crippen LogP contribution is 2.22. The summed E-state index contributed by atoms with van der Waals surface area (Å²) in [5.41, 5.74) is 7.25. The molecule has 3 N–H and O–H groups in total. The summed E-state index contributed by atoms with van der Waals surface area (Å²) in [4.78, 5) is 14.3. The molecule has 25 heavy (non-hydrogen) atoms. The maximum Gasteiger partial charge on any atom is 0.221 e. The van der Waals surface area contributed by atoms with Crippen molar-refractivity contribution in [2.75, 3.05) is 26.7 Å². The van der Waals surface area contributed by atoms with E-state index in [9.17, 15) is 4.79 Å². The van der Waals surface area contributed by atoms with Gasteiger partial charge in [-0.05, 0) is 29.5 Å². The maximum absolute atomic E-state index is 12.0. The molecule has 2 atom stereocenters. The molecule has 2 rings (SSSR count). The number of hydrogen-bond acceptors (Lipinski definition) is 4. The minimum atomic E-state index is 0. The highest BCUT2D eigenvalue weighted by molar-refractivity contribution is 5.85. The van der Waals surface area contributed by atoms with E-state index in [0.29, 0.717) is 24.8 Å². The fourth-order valence-electron chi connectivity index (χ4n) is 3.12. The molecule has 1 saturated heterocycles. The van der Waals surface area contributed by atoms with E-state index in [-0.39, 0.29) is 36.8 Å². The van der Waals surface area contributed by atoms with Gasteiger partial charge in [-0.2, -0.15) is 0 Å². The van der Waals surface area contributed by atoms with Crippen molar-refractivity contribution < 1.29 is 9.53 Å². The normalized spacial score (nSPS) is 19.9. The van der Waals surface area contributed by atoms with E-state index in [0.717, 1.165) is 30.9 Å². The van der Waals surface area contributed by atoms with Crippen LogP contribution in [0.15, 0.2) is 24.3 Å². The molecule has 0 aromatic heterocycles. The molecule has 144 valence electrons. The fraction of sp³-hybridized carbons (Fsp3) is 0.611. The largest absolute Gasteiger partial charge is 0.497 e. The minimum Gasteiger partial charge on any atom is -0.497 e. The first-order valence-corrected chi connectivity index (χ1v) is 8.37. The van der Waals surface area contributed by atoms with Gasteiger partial charge in [-0.1, -0.05) is 26.0 Å². The van der Waals surface area contributed by atoms with Crippen molar-refractivity contribution in [3.05, 3.63) is 29.8 Å². The number of carbonyl (C=O) groups is 1. The quantitative estimate of drug-likeness (QED) is 0.748. The number of methoxy groups -OCH3 is 1. The van der Waals surface area contributed by atoms with Crippen LogP contribution in [0.3, 0.4) is 0 Å². The van der Waals surface area contributed by atoms with Gasteiger partial charge in [0.2, 0.25) is 5.91 Å². The van der Waals surface area contributed by atoms with Gasteiger partial charge >= 0.3 is 0 Å². The molecular weight excluding hydrogens is 361 g/mol. The fourth-order valence-corrected chi connectivity index (χ4v) is 3.12. The summed E-state index contributed by atoms with van der Waals surface area (Å²) in [6.07, 6.45) is 0.522. The molecule has 1 aliphatic heterocycles. The molecule has 7 heteroatoms. The number of halogens is 2. The van der Waals surface area contributed by atoms with Crippen LogP contribution < -0.4 is 15.8 Å². The van der Waals surface area contributed by atoms with Gasteiger partial charge in [0.1, 0.15) is 5.75 Å². The Morgan fingerprint density at radius 2 is 1.92 bits per heavy atom. The molecule has 0 saturated carbocycles. The first-order chi connectivity index (χ1) is 11.0. The number of rotatable bonds is 7. The van der Waals surface area contributed by atoms with Crippen molar-refractivity contribution in [1.82, 2.24) is 10.2 Å². The van der Waals surface area contributed by atoms with E-state index in [4.69, 9.17) is 10.5 Å². The Hall–Kier alpha value is -1.01. The minimum absolute atomic E-state index is 0. The number of amides is 1. The van der Waals surface area contributed by atoms with Gasteiger partial charge in [-0.25, -0.2) is 0 Å². The van der Waals surface area contributed by atoms with E-state index in [1.54, 1.807) is 7.11 Å². The summed E-state index contributed by atoms with van der Waals surface area (Å²) < 4.78 is 5.12. The van der Waals surface area contributed by atoms with Gasteiger partial charge in [0.15, 0.2) is 0 Å². The van der Waals surface area contributed by atoms with Crippen molar-refractivity contribution >= 4 is 30.7 Å². The van der Waals surface area contributed by atoms with Crippen molar-refractivity contribution in [3.63, 3.8) is 0 Å². The molecule has 0 radical (unpaired) electrons. The summed E-state index contributed by atoms with van der Waals surface area (Å²) >= 11 is 0. The molecule has 5 nitrogen and oxygen atoms in total. The van der Waals surface area contributed by atoms with Gasteiger partial charge < -0.3 is 20.7 Å². The summed E-state index contributed by atoms with van der Waals surface area (Å²) in [5, 5.41) is 2.97. The number of nitrogens with zero attached hydrogens (tertiary/aromatic N) is 1. The maximum atomic E-state index is 12.0. The van der Waals surface area contributed by atoms with Crippen LogP contribution in [-0.2, 0) is 11.3 Å². The predicted molar refractivity (Wildman–Crippen MR) is 107 cm³/mol. The van der Waals surface area contributed by atoms with Crippen LogP contribution in [0.25, 0.3) is 0 Å². The summed E-state index contributed by atoms with van der Waals surface area (Å²) in [5.74, 6) is 2.05. The lowest BCUT2D eigenvalue weighted by Gasteiger charge is -2.18. The third-order valence-corrected chi connectivity index (χ3v) is 4.65. The molecule has 1 heterocycles. The number of benzene rings is 1. The number of ether oxygens (including phenoxy) is 1. The lowest BCUT2D eigenvalue weighted by atomic mass is 9.92. The van der Waals surface area contributed by atoms with Crippen LogP contribution in [0.5, 0.6) is 5.75 Å².